The van der Waals surface area contributed by atoms with E-state index in [1.807, 2.05) is 0 Å². The minimum Gasteiger partial charge on any atom is -0.459 e. The summed E-state index contributed by atoms with van der Waals surface area (Å²) in [5, 5.41) is 8.58. The lowest BCUT2D eigenvalue weighted by molar-refractivity contribution is -0.119. The minimum absolute atomic E-state index is 0.143. The lowest BCUT2D eigenvalue weighted by Crippen LogP contribution is -2.21. The molecule has 0 saturated carbocycles. The van der Waals surface area contributed by atoms with Crippen molar-refractivity contribution < 1.29 is 18.8 Å². The molecule has 1 aromatic carbocycles. The van der Waals surface area contributed by atoms with Gasteiger partial charge in [-0.1, -0.05) is 18.2 Å². The number of para-hydroxylation sites is 1. The van der Waals surface area contributed by atoms with E-state index in [1.165, 1.54) is 6.26 Å². The Hall–Kier alpha value is -3.39. The zero-order chi connectivity index (χ0) is 19.2. The second kappa shape index (κ2) is 8.33. The van der Waals surface area contributed by atoms with Crippen molar-refractivity contribution in [3.8, 4) is 0 Å². The highest BCUT2D eigenvalue weighted by Crippen LogP contribution is 2.24. The summed E-state index contributed by atoms with van der Waals surface area (Å²) in [6, 6.07) is 13.6. The molecular formula is C19H17N3O4S. The fourth-order valence-electron chi connectivity index (χ4n) is 2.35. The van der Waals surface area contributed by atoms with Gasteiger partial charge in [-0.2, -0.15) is 0 Å². The van der Waals surface area contributed by atoms with E-state index in [1.54, 1.807) is 55.6 Å². The van der Waals surface area contributed by atoms with Crippen LogP contribution in [0.3, 0.4) is 0 Å². The smallest absolute Gasteiger partial charge is 0.291 e. The SMILES string of the molecule is CNC(=O)Cc1ccccc1NC(=O)c1ccc(NC(=O)c2ccco2)s1. The molecule has 0 radical (unpaired) electrons. The van der Waals surface area contributed by atoms with Crippen molar-refractivity contribution >= 4 is 39.7 Å². The summed E-state index contributed by atoms with van der Waals surface area (Å²) in [6.45, 7) is 0. The van der Waals surface area contributed by atoms with Crippen LogP contribution in [0.15, 0.2) is 59.2 Å². The van der Waals surface area contributed by atoms with Gasteiger partial charge in [0.1, 0.15) is 0 Å². The quantitative estimate of drug-likeness (QED) is 0.609. The van der Waals surface area contributed by atoms with Crippen LogP contribution in [-0.4, -0.2) is 24.8 Å². The Morgan fingerprint density at radius 1 is 0.963 bits per heavy atom. The van der Waals surface area contributed by atoms with Gasteiger partial charge in [-0.3, -0.25) is 14.4 Å². The number of carbonyl (C=O) groups excluding carboxylic acids is 3. The fourth-order valence-corrected chi connectivity index (χ4v) is 3.15. The second-order valence-electron chi connectivity index (χ2n) is 5.56. The number of likely N-dealkylation sites (N-methyl/N-ethyl adjacent to an activating group) is 1. The maximum absolute atomic E-state index is 12.5. The molecule has 0 aliphatic carbocycles. The van der Waals surface area contributed by atoms with Crippen molar-refractivity contribution in [3.63, 3.8) is 0 Å². The zero-order valence-corrected chi connectivity index (χ0v) is 15.3. The molecule has 138 valence electrons. The lowest BCUT2D eigenvalue weighted by atomic mass is 10.1. The number of rotatable bonds is 6. The monoisotopic (exact) mass is 383 g/mol. The van der Waals surface area contributed by atoms with E-state index in [-0.39, 0.29) is 29.9 Å². The molecule has 0 spiro atoms. The molecule has 0 saturated heterocycles. The Kier molecular flexibility index (Phi) is 5.68. The van der Waals surface area contributed by atoms with Gasteiger partial charge in [-0.25, -0.2) is 0 Å². The van der Waals surface area contributed by atoms with Crippen LogP contribution in [0, 0.1) is 0 Å². The van der Waals surface area contributed by atoms with Crippen LogP contribution in [0.2, 0.25) is 0 Å². The van der Waals surface area contributed by atoms with E-state index in [9.17, 15) is 14.4 Å². The van der Waals surface area contributed by atoms with E-state index in [0.717, 1.165) is 11.3 Å². The normalized spacial score (nSPS) is 10.3. The van der Waals surface area contributed by atoms with E-state index >= 15 is 0 Å². The first kappa shape index (κ1) is 18.4. The molecule has 0 aliphatic rings. The van der Waals surface area contributed by atoms with Gasteiger partial charge in [-0.05, 0) is 35.9 Å². The third-order valence-electron chi connectivity index (χ3n) is 3.71. The third-order valence-corrected chi connectivity index (χ3v) is 4.71. The second-order valence-corrected chi connectivity index (χ2v) is 6.64. The molecule has 2 heterocycles. The van der Waals surface area contributed by atoms with E-state index in [2.05, 4.69) is 16.0 Å². The van der Waals surface area contributed by atoms with E-state index < -0.39 is 0 Å². The average Bonchev–Trinajstić information content (AvgIpc) is 3.35. The molecule has 8 heteroatoms. The van der Waals surface area contributed by atoms with Crippen LogP contribution >= 0.6 is 11.3 Å². The number of furan rings is 1. The molecule has 0 bridgehead atoms. The summed E-state index contributed by atoms with van der Waals surface area (Å²) in [5.74, 6) is -0.652. The lowest BCUT2D eigenvalue weighted by Gasteiger charge is -2.09. The van der Waals surface area contributed by atoms with E-state index in [0.29, 0.717) is 21.1 Å². The predicted octanol–water partition coefficient (Wildman–Crippen LogP) is 3.13. The van der Waals surface area contributed by atoms with Gasteiger partial charge in [0.25, 0.3) is 11.8 Å². The van der Waals surface area contributed by atoms with Crippen LogP contribution in [0.4, 0.5) is 10.7 Å². The predicted molar refractivity (Wildman–Crippen MR) is 103 cm³/mol. The highest BCUT2D eigenvalue weighted by Gasteiger charge is 2.15. The summed E-state index contributed by atoms with van der Waals surface area (Å²) in [6.07, 6.45) is 1.58. The van der Waals surface area contributed by atoms with Gasteiger partial charge in [0.2, 0.25) is 5.91 Å². The standard InChI is InChI=1S/C19H17N3O4S/c1-20-16(23)11-12-5-2-3-6-13(12)21-19(25)15-8-9-17(27-15)22-18(24)14-7-4-10-26-14/h2-10H,11H2,1H3,(H,20,23)(H,21,25)(H,22,24). The van der Waals surface area contributed by atoms with Gasteiger partial charge in [0.15, 0.2) is 5.76 Å². The number of thiophene rings is 1. The van der Waals surface area contributed by atoms with Gasteiger partial charge in [0.05, 0.1) is 22.6 Å². The third kappa shape index (κ3) is 4.62. The summed E-state index contributed by atoms with van der Waals surface area (Å²) < 4.78 is 5.04. The van der Waals surface area contributed by atoms with Gasteiger partial charge in [0, 0.05) is 12.7 Å². The van der Waals surface area contributed by atoms with Crippen molar-refractivity contribution in [2.45, 2.75) is 6.42 Å². The molecule has 7 nitrogen and oxygen atoms in total. The van der Waals surface area contributed by atoms with Gasteiger partial charge < -0.3 is 20.4 Å². The molecule has 0 atom stereocenters. The molecular weight excluding hydrogens is 366 g/mol. The number of amides is 3. The highest BCUT2D eigenvalue weighted by molar-refractivity contribution is 7.18. The first-order valence-corrected chi connectivity index (χ1v) is 8.93. The number of nitrogens with one attached hydrogen (secondary N) is 3. The average molecular weight is 383 g/mol. The summed E-state index contributed by atoms with van der Waals surface area (Å²) in [4.78, 5) is 36.6. The van der Waals surface area contributed by atoms with Crippen molar-refractivity contribution in [1.82, 2.24) is 5.32 Å². The topological polar surface area (TPSA) is 100 Å². The van der Waals surface area contributed by atoms with Gasteiger partial charge in [-0.15, -0.1) is 11.3 Å². The Morgan fingerprint density at radius 2 is 1.78 bits per heavy atom. The molecule has 0 aliphatic heterocycles. The molecule has 0 unspecified atom stereocenters. The number of hydrogen-bond acceptors (Lipinski definition) is 5. The Morgan fingerprint density at radius 3 is 2.52 bits per heavy atom. The summed E-state index contributed by atoms with van der Waals surface area (Å²) >= 11 is 1.15. The highest BCUT2D eigenvalue weighted by atomic mass is 32.1. The zero-order valence-electron chi connectivity index (χ0n) is 14.4. The van der Waals surface area contributed by atoms with Crippen LogP contribution in [0.1, 0.15) is 25.8 Å². The first-order valence-electron chi connectivity index (χ1n) is 8.11. The van der Waals surface area contributed by atoms with Crippen LogP contribution < -0.4 is 16.0 Å². The first-order chi connectivity index (χ1) is 13.1. The van der Waals surface area contributed by atoms with Crippen molar-refractivity contribution in [2.24, 2.45) is 0 Å². The number of hydrogen-bond donors (Lipinski definition) is 3. The van der Waals surface area contributed by atoms with Crippen molar-refractivity contribution in [2.75, 3.05) is 17.7 Å². The van der Waals surface area contributed by atoms with Crippen molar-refractivity contribution in [3.05, 3.63) is 71.0 Å². The molecule has 0 fully saturated rings. The number of carbonyl (C=O) groups is 3. The maximum Gasteiger partial charge on any atom is 0.291 e. The van der Waals surface area contributed by atoms with Crippen LogP contribution in [-0.2, 0) is 11.2 Å². The number of benzene rings is 1. The summed E-state index contributed by atoms with van der Waals surface area (Å²) in [7, 11) is 1.56. The van der Waals surface area contributed by atoms with Crippen LogP contribution in [0.5, 0.6) is 0 Å². The minimum atomic E-state index is -0.385. The molecule has 2 aromatic heterocycles. The van der Waals surface area contributed by atoms with Crippen LogP contribution in [0.25, 0.3) is 0 Å². The largest absolute Gasteiger partial charge is 0.459 e. The molecule has 3 amide bonds. The Bertz CT molecular complexity index is 963. The van der Waals surface area contributed by atoms with Crippen molar-refractivity contribution in [1.29, 1.82) is 0 Å². The van der Waals surface area contributed by atoms with Gasteiger partial charge >= 0.3 is 0 Å². The molecule has 27 heavy (non-hydrogen) atoms. The molecule has 3 aromatic rings. The Labute approximate surface area is 159 Å². The maximum atomic E-state index is 12.5. The molecule has 3 rings (SSSR count). The summed E-state index contributed by atoms with van der Waals surface area (Å²) in [5.41, 5.74) is 1.29. The number of anilines is 2. The Balaban J connectivity index is 1.68. The molecule has 3 N–H and O–H groups in total. The van der Waals surface area contributed by atoms with E-state index in [4.69, 9.17) is 4.42 Å². The fraction of sp³-hybridized carbons (Fsp3) is 0.105.